The smallest absolute Gasteiger partial charge is 0.230 e. The Balaban J connectivity index is 1.64. The molecule has 0 fully saturated rings. The highest BCUT2D eigenvalue weighted by atomic mass is 16.5. The number of nitrogens with zero attached hydrogens (tertiary/aromatic N) is 5. The summed E-state index contributed by atoms with van der Waals surface area (Å²) in [5, 5.41) is 4.49. The zero-order valence-corrected chi connectivity index (χ0v) is 15.5. The van der Waals surface area contributed by atoms with E-state index in [2.05, 4.69) is 20.1 Å². The second-order valence-electron chi connectivity index (χ2n) is 6.25. The minimum Gasteiger partial charge on any atom is -0.420 e. The highest BCUT2D eigenvalue weighted by Gasteiger charge is 2.14. The van der Waals surface area contributed by atoms with Gasteiger partial charge in [-0.15, -0.1) is 0 Å². The molecule has 0 bridgehead atoms. The van der Waals surface area contributed by atoms with Crippen LogP contribution in [0.15, 0.2) is 67.1 Å². The van der Waals surface area contributed by atoms with Gasteiger partial charge < -0.3 is 10.5 Å². The van der Waals surface area contributed by atoms with Gasteiger partial charge in [0, 0.05) is 31.7 Å². The van der Waals surface area contributed by atoms with Gasteiger partial charge in [0.2, 0.25) is 11.8 Å². The minimum absolute atomic E-state index is 0.470. The van der Waals surface area contributed by atoms with Crippen molar-refractivity contribution in [3.8, 4) is 34.4 Å². The molecule has 0 aliphatic carbocycles. The molecule has 2 N–H and O–H groups in total. The Morgan fingerprint density at radius 2 is 1.82 bits per heavy atom. The van der Waals surface area contributed by atoms with Crippen LogP contribution in [-0.4, -0.2) is 31.3 Å². The van der Waals surface area contributed by atoms with E-state index in [-0.39, 0.29) is 0 Å². The topological polar surface area (TPSA) is 91.7 Å². The fourth-order valence-corrected chi connectivity index (χ4v) is 2.85. The minimum atomic E-state index is 0.470. The molecule has 7 nitrogen and oxygen atoms in total. The van der Waals surface area contributed by atoms with Crippen molar-refractivity contribution < 1.29 is 4.74 Å². The van der Waals surface area contributed by atoms with Crippen LogP contribution in [0, 0.1) is 0 Å². The molecule has 0 amide bonds. The first-order valence-corrected chi connectivity index (χ1v) is 8.98. The van der Waals surface area contributed by atoms with Crippen LogP contribution in [0.3, 0.4) is 0 Å². The SMILES string of the molecule is Cn1nc(-c2ccccn2)cc1Oc1ncccc1-c1ccc(CCN)cn1. The molecular weight excluding hydrogens is 352 g/mol. The van der Waals surface area contributed by atoms with E-state index in [0.717, 1.165) is 34.6 Å². The van der Waals surface area contributed by atoms with Crippen LogP contribution in [0.4, 0.5) is 0 Å². The van der Waals surface area contributed by atoms with E-state index in [4.69, 9.17) is 10.5 Å². The number of aromatic nitrogens is 5. The van der Waals surface area contributed by atoms with E-state index < -0.39 is 0 Å². The molecule has 4 aromatic heterocycles. The second-order valence-corrected chi connectivity index (χ2v) is 6.25. The number of ether oxygens (including phenoxy) is 1. The molecule has 140 valence electrons. The number of hydrogen-bond acceptors (Lipinski definition) is 6. The summed E-state index contributed by atoms with van der Waals surface area (Å²) in [4.78, 5) is 13.3. The Morgan fingerprint density at radius 1 is 0.929 bits per heavy atom. The molecule has 7 heteroatoms. The number of nitrogens with two attached hydrogens (primary N) is 1. The van der Waals surface area contributed by atoms with E-state index in [1.54, 1.807) is 17.1 Å². The lowest BCUT2D eigenvalue weighted by Crippen LogP contribution is -2.03. The van der Waals surface area contributed by atoms with Gasteiger partial charge in [0.25, 0.3) is 0 Å². The number of aryl methyl sites for hydroxylation is 1. The Bertz CT molecular complexity index is 1060. The predicted molar refractivity (Wildman–Crippen MR) is 107 cm³/mol. The Morgan fingerprint density at radius 3 is 2.57 bits per heavy atom. The molecule has 0 radical (unpaired) electrons. The molecule has 0 saturated heterocycles. The Hall–Kier alpha value is -3.58. The fraction of sp³-hybridized carbons (Fsp3) is 0.143. The largest absolute Gasteiger partial charge is 0.420 e. The maximum atomic E-state index is 6.08. The van der Waals surface area contributed by atoms with Crippen molar-refractivity contribution in [1.82, 2.24) is 24.7 Å². The first-order valence-electron chi connectivity index (χ1n) is 8.98. The predicted octanol–water partition coefficient (Wildman–Crippen LogP) is 3.23. The lowest BCUT2D eigenvalue weighted by atomic mass is 10.1. The molecule has 0 spiro atoms. The van der Waals surface area contributed by atoms with Crippen LogP contribution in [0.2, 0.25) is 0 Å². The first kappa shape index (κ1) is 17.8. The normalized spacial score (nSPS) is 10.8. The maximum Gasteiger partial charge on any atom is 0.230 e. The maximum absolute atomic E-state index is 6.08. The molecular formula is C21H20N6O. The monoisotopic (exact) mass is 372 g/mol. The van der Waals surface area contributed by atoms with Gasteiger partial charge in [0.1, 0.15) is 5.69 Å². The molecule has 0 aliphatic rings. The third-order valence-electron chi connectivity index (χ3n) is 4.27. The average molecular weight is 372 g/mol. The van der Waals surface area contributed by atoms with E-state index in [9.17, 15) is 0 Å². The summed E-state index contributed by atoms with van der Waals surface area (Å²) in [6.07, 6.45) is 6.07. The molecule has 0 aliphatic heterocycles. The van der Waals surface area contributed by atoms with E-state index in [1.807, 2.05) is 61.8 Å². The summed E-state index contributed by atoms with van der Waals surface area (Å²) in [5.41, 5.74) is 9.82. The molecule has 0 unspecified atom stereocenters. The van der Waals surface area contributed by atoms with Gasteiger partial charge in [-0.25, -0.2) is 9.67 Å². The van der Waals surface area contributed by atoms with Crippen molar-refractivity contribution in [2.75, 3.05) is 6.54 Å². The van der Waals surface area contributed by atoms with Crippen LogP contribution in [0.1, 0.15) is 5.56 Å². The lowest BCUT2D eigenvalue weighted by Gasteiger charge is -2.09. The van der Waals surface area contributed by atoms with Crippen LogP contribution < -0.4 is 10.5 Å². The summed E-state index contributed by atoms with van der Waals surface area (Å²) in [6.45, 7) is 0.599. The van der Waals surface area contributed by atoms with Crippen LogP contribution >= 0.6 is 0 Å². The van der Waals surface area contributed by atoms with Gasteiger partial charge >= 0.3 is 0 Å². The van der Waals surface area contributed by atoms with Crippen molar-refractivity contribution in [2.24, 2.45) is 12.8 Å². The van der Waals surface area contributed by atoms with Gasteiger partial charge in [-0.3, -0.25) is 9.97 Å². The van der Waals surface area contributed by atoms with Gasteiger partial charge in [-0.1, -0.05) is 12.1 Å². The highest BCUT2D eigenvalue weighted by Crippen LogP contribution is 2.31. The molecule has 4 rings (SSSR count). The van der Waals surface area contributed by atoms with Crippen molar-refractivity contribution in [3.63, 3.8) is 0 Å². The van der Waals surface area contributed by atoms with Crippen molar-refractivity contribution in [2.45, 2.75) is 6.42 Å². The standard InChI is InChI=1S/C21H20N6O/c1-27-20(13-19(26-27)18-6-2-3-11-23-18)28-21-16(5-4-12-24-21)17-8-7-15(9-10-22)14-25-17/h2-8,11-14H,9-10,22H2,1H3. The third kappa shape index (κ3) is 3.74. The van der Waals surface area contributed by atoms with Gasteiger partial charge in [-0.05, 0) is 48.9 Å². The molecule has 28 heavy (non-hydrogen) atoms. The molecule has 4 aromatic rings. The number of hydrogen-bond donors (Lipinski definition) is 1. The second kappa shape index (κ2) is 7.98. The van der Waals surface area contributed by atoms with Crippen LogP contribution in [0.5, 0.6) is 11.8 Å². The highest BCUT2D eigenvalue weighted by molar-refractivity contribution is 5.65. The van der Waals surface area contributed by atoms with Crippen molar-refractivity contribution >= 4 is 0 Å². The van der Waals surface area contributed by atoms with Crippen LogP contribution in [0.25, 0.3) is 22.6 Å². The van der Waals surface area contributed by atoms with E-state index in [1.165, 1.54) is 0 Å². The quantitative estimate of drug-likeness (QED) is 0.559. The third-order valence-corrected chi connectivity index (χ3v) is 4.27. The Labute approximate surface area is 162 Å². The van der Waals surface area contributed by atoms with Gasteiger partial charge in [-0.2, -0.15) is 5.10 Å². The summed E-state index contributed by atoms with van der Waals surface area (Å²) < 4.78 is 7.74. The first-order chi connectivity index (χ1) is 13.7. The van der Waals surface area contributed by atoms with E-state index >= 15 is 0 Å². The number of pyridine rings is 3. The Kier molecular flexibility index (Phi) is 5.07. The molecule has 0 aromatic carbocycles. The van der Waals surface area contributed by atoms with Gasteiger partial charge in [0.05, 0.1) is 17.0 Å². The summed E-state index contributed by atoms with van der Waals surface area (Å²) in [5.74, 6) is 1.04. The summed E-state index contributed by atoms with van der Waals surface area (Å²) >= 11 is 0. The summed E-state index contributed by atoms with van der Waals surface area (Å²) in [7, 11) is 1.82. The molecule has 0 saturated carbocycles. The number of rotatable bonds is 6. The zero-order chi connectivity index (χ0) is 19.3. The van der Waals surface area contributed by atoms with Crippen molar-refractivity contribution in [1.29, 1.82) is 0 Å². The lowest BCUT2D eigenvalue weighted by molar-refractivity contribution is 0.417. The summed E-state index contributed by atoms with van der Waals surface area (Å²) in [6, 6.07) is 15.3. The molecule has 4 heterocycles. The van der Waals surface area contributed by atoms with Crippen molar-refractivity contribution in [3.05, 3.63) is 72.7 Å². The van der Waals surface area contributed by atoms with Crippen LogP contribution in [-0.2, 0) is 13.5 Å². The zero-order valence-electron chi connectivity index (χ0n) is 15.5. The van der Waals surface area contributed by atoms with Gasteiger partial charge in [0.15, 0.2) is 0 Å². The fourth-order valence-electron chi connectivity index (χ4n) is 2.85. The molecule has 0 atom stereocenters. The van der Waals surface area contributed by atoms with E-state index in [0.29, 0.717) is 18.3 Å². The average Bonchev–Trinajstić information content (AvgIpc) is 3.10.